The van der Waals surface area contributed by atoms with E-state index < -0.39 is 0 Å². The summed E-state index contributed by atoms with van der Waals surface area (Å²) in [6, 6.07) is 0.547. The Morgan fingerprint density at radius 3 is 2.07 bits per heavy atom. The van der Waals surface area contributed by atoms with Gasteiger partial charge in [0.25, 0.3) is 0 Å². The molecule has 1 saturated heterocycles. The van der Waals surface area contributed by atoms with E-state index in [-0.39, 0.29) is 13.2 Å². The molecule has 0 spiro atoms. The number of hydrogen-bond acceptors (Lipinski definition) is 4. The zero-order chi connectivity index (χ0) is 10.4. The van der Waals surface area contributed by atoms with Crippen molar-refractivity contribution in [2.45, 2.75) is 18.9 Å². The molecule has 0 saturated carbocycles. The lowest BCUT2D eigenvalue weighted by Crippen LogP contribution is -2.45. The lowest BCUT2D eigenvalue weighted by molar-refractivity contribution is 0.0830. The van der Waals surface area contributed by atoms with Crippen molar-refractivity contribution in [1.82, 2.24) is 9.80 Å². The Kier molecular flexibility index (Phi) is 5.40. The molecule has 1 fully saturated rings. The molecule has 1 rings (SSSR count). The second-order valence-corrected chi connectivity index (χ2v) is 4.02. The van der Waals surface area contributed by atoms with Gasteiger partial charge in [0.05, 0.1) is 13.2 Å². The molecule has 14 heavy (non-hydrogen) atoms. The van der Waals surface area contributed by atoms with Gasteiger partial charge in [0.1, 0.15) is 0 Å². The standard InChI is InChI=1S/C10H22N2O2/c1-11-4-2-10(3-5-11)12(6-8-13)7-9-14/h10,13-14H,2-9H2,1H3. The Morgan fingerprint density at radius 2 is 1.64 bits per heavy atom. The van der Waals surface area contributed by atoms with Crippen LogP contribution in [0.4, 0.5) is 0 Å². The van der Waals surface area contributed by atoms with E-state index in [1.807, 2.05) is 0 Å². The van der Waals surface area contributed by atoms with Crippen molar-refractivity contribution in [2.75, 3.05) is 46.4 Å². The number of piperidine rings is 1. The predicted octanol–water partition coefficient (Wildman–Crippen LogP) is -0.633. The summed E-state index contributed by atoms with van der Waals surface area (Å²) in [6.45, 7) is 4.00. The monoisotopic (exact) mass is 202 g/mol. The van der Waals surface area contributed by atoms with Crippen LogP contribution in [0, 0.1) is 0 Å². The maximum atomic E-state index is 8.91. The molecular weight excluding hydrogens is 180 g/mol. The van der Waals surface area contributed by atoms with Crippen LogP contribution in [0.25, 0.3) is 0 Å². The molecule has 0 aromatic rings. The van der Waals surface area contributed by atoms with E-state index in [1.165, 1.54) is 0 Å². The summed E-state index contributed by atoms with van der Waals surface area (Å²) in [7, 11) is 2.14. The van der Waals surface area contributed by atoms with Gasteiger partial charge in [-0.25, -0.2) is 0 Å². The molecule has 4 heteroatoms. The smallest absolute Gasteiger partial charge is 0.0558 e. The Bertz CT molecular complexity index is 141. The summed E-state index contributed by atoms with van der Waals surface area (Å²) in [5.41, 5.74) is 0. The highest BCUT2D eigenvalue weighted by molar-refractivity contribution is 4.78. The van der Waals surface area contributed by atoms with Crippen molar-refractivity contribution in [3.8, 4) is 0 Å². The molecule has 0 unspecified atom stereocenters. The molecule has 0 radical (unpaired) electrons. The van der Waals surface area contributed by atoms with E-state index in [9.17, 15) is 0 Å². The van der Waals surface area contributed by atoms with E-state index in [1.54, 1.807) is 0 Å². The summed E-state index contributed by atoms with van der Waals surface area (Å²) in [6.07, 6.45) is 2.30. The summed E-state index contributed by atoms with van der Waals surface area (Å²) >= 11 is 0. The van der Waals surface area contributed by atoms with Gasteiger partial charge in [0.2, 0.25) is 0 Å². The van der Waals surface area contributed by atoms with E-state index in [2.05, 4.69) is 16.8 Å². The molecule has 84 valence electrons. The molecule has 1 aliphatic rings. The van der Waals surface area contributed by atoms with E-state index in [0.717, 1.165) is 25.9 Å². The van der Waals surface area contributed by atoms with Gasteiger partial charge in [0.15, 0.2) is 0 Å². The first-order valence-electron chi connectivity index (χ1n) is 5.42. The summed E-state index contributed by atoms with van der Waals surface area (Å²) < 4.78 is 0. The van der Waals surface area contributed by atoms with Crippen molar-refractivity contribution in [3.05, 3.63) is 0 Å². The molecule has 4 nitrogen and oxygen atoms in total. The zero-order valence-electron chi connectivity index (χ0n) is 9.02. The van der Waals surface area contributed by atoms with Gasteiger partial charge in [0, 0.05) is 19.1 Å². The molecular formula is C10H22N2O2. The fourth-order valence-electron chi connectivity index (χ4n) is 2.09. The van der Waals surface area contributed by atoms with Crippen LogP contribution in [0.2, 0.25) is 0 Å². The van der Waals surface area contributed by atoms with Crippen molar-refractivity contribution in [2.24, 2.45) is 0 Å². The quantitative estimate of drug-likeness (QED) is 0.623. The average molecular weight is 202 g/mol. The number of hydrogen-bond donors (Lipinski definition) is 2. The minimum absolute atomic E-state index is 0.187. The zero-order valence-corrected chi connectivity index (χ0v) is 9.02. The molecule has 0 aromatic heterocycles. The van der Waals surface area contributed by atoms with Gasteiger partial charge in [-0.1, -0.05) is 0 Å². The Hall–Kier alpha value is -0.160. The van der Waals surface area contributed by atoms with Crippen molar-refractivity contribution < 1.29 is 10.2 Å². The third kappa shape index (κ3) is 3.53. The predicted molar refractivity (Wildman–Crippen MR) is 56.3 cm³/mol. The molecule has 0 aromatic carbocycles. The van der Waals surface area contributed by atoms with Gasteiger partial charge >= 0.3 is 0 Å². The van der Waals surface area contributed by atoms with Crippen LogP contribution in [0.15, 0.2) is 0 Å². The van der Waals surface area contributed by atoms with E-state index in [0.29, 0.717) is 19.1 Å². The van der Waals surface area contributed by atoms with Gasteiger partial charge in [-0.15, -0.1) is 0 Å². The fourth-order valence-corrected chi connectivity index (χ4v) is 2.09. The van der Waals surface area contributed by atoms with Crippen LogP contribution in [0.5, 0.6) is 0 Å². The highest BCUT2D eigenvalue weighted by Gasteiger charge is 2.21. The highest BCUT2D eigenvalue weighted by atomic mass is 16.3. The van der Waals surface area contributed by atoms with Gasteiger partial charge in [-0.2, -0.15) is 0 Å². The average Bonchev–Trinajstić information content (AvgIpc) is 2.19. The number of likely N-dealkylation sites (tertiary alicyclic amines) is 1. The first-order chi connectivity index (χ1) is 6.77. The topological polar surface area (TPSA) is 46.9 Å². The molecule has 1 aliphatic heterocycles. The lowest BCUT2D eigenvalue weighted by Gasteiger charge is -2.36. The highest BCUT2D eigenvalue weighted by Crippen LogP contribution is 2.14. The number of aliphatic hydroxyl groups excluding tert-OH is 2. The third-order valence-corrected chi connectivity index (χ3v) is 2.98. The molecule has 1 heterocycles. The Labute approximate surface area is 86.1 Å². The van der Waals surface area contributed by atoms with Crippen LogP contribution < -0.4 is 0 Å². The van der Waals surface area contributed by atoms with Crippen molar-refractivity contribution >= 4 is 0 Å². The third-order valence-electron chi connectivity index (χ3n) is 2.98. The summed E-state index contributed by atoms with van der Waals surface area (Å²) in [4.78, 5) is 4.53. The van der Waals surface area contributed by atoms with E-state index >= 15 is 0 Å². The van der Waals surface area contributed by atoms with Crippen LogP contribution in [0.1, 0.15) is 12.8 Å². The minimum Gasteiger partial charge on any atom is -0.395 e. The molecule has 0 amide bonds. The molecule has 2 N–H and O–H groups in total. The Balaban J connectivity index is 2.34. The minimum atomic E-state index is 0.187. The molecule has 0 atom stereocenters. The summed E-state index contributed by atoms with van der Waals surface area (Å²) in [5, 5.41) is 17.8. The first-order valence-corrected chi connectivity index (χ1v) is 5.42. The van der Waals surface area contributed by atoms with Crippen LogP contribution in [-0.4, -0.2) is 72.5 Å². The van der Waals surface area contributed by atoms with Crippen LogP contribution >= 0.6 is 0 Å². The number of rotatable bonds is 5. The fraction of sp³-hybridized carbons (Fsp3) is 1.00. The SMILES string of the molecule is CN1CCC(N(CCO)CCO)CC1. The maximum absolute atomic E-state index is 8.91. The number of aliphatic hydroxyl groups is 2. The van der Waals surface area contributed by atoms with Crippen LogP contribution in [-0.2, 0) is 0 Å². The summed E-state index contributed by atoms with van der Waals surface area (Å²) in [5.74, 6) is 0. The number of nitrogens with zero attached hydrogens (tertiary/aromatic N) is 2. The largest absolute Gasteiger partial charge is 0.395 e. The van der Waals surface area contributed by atoms with E-state index in [4.69, 9.17) is 10.2 Å². The second kappa shape index (κ2) is 6.35. The normalized spacial score (nSPS) is 20.6. The molecule has 0 aliphatic carbocycles. The van der Waals surface area contributed by atoms with Gasteiger partial charge in [-0.05, 0) is 33.0 Å². The Morgan fingerprint density at radius 1 is 1.14 bits per heavy atom. The van der Waals surface area contributed by atoms with Gasteiger partial charge in [-0.3, -0.25) is 4.90 Å². The maximum Gasteiger partial charge on any atom is 0.0558 e. The lowest BCUT2D eigenvalue weighted by atomic mass is 10.0. The van der Waals surface area contributed by atoms with Crippen molar-refractivity contribution in [1.29, 1.82) is 0 Å². The second-order valence-electron chi connectivity index (χ2n) is 4.02. The first kappa shape index (κ1) is 11.9. The van der Waals surface area contributed by atoms with Crippen LogP contribution in [0.3, 0.4) is 0 Å². The molecule has 0 bridgehead atoms. The van der Waals surface area contributed by atoms with Crippen molar-refractivity contribution in [3.63, 3.8) is 0 Å². The van der Waals surface area contributed by atoms with Gasteiger partial charge < -0.3 is 15.1 Å².